The quantitative estimate of drug-likeness (QED) is 0.661. The van der Waals surface area contributed by atoms with Crippen LogP contribution in [0.4, 0.5) is 0 Å². The molecule has 1 aliphatic heterocycles. The number of rotatable bonds is 6. The fourth-order valence-electron chi connectivity index (χ4n) is 3.09. The molecule has 0 aliphatic carbocycles. The van der Waals surface area contributed by atoms with Crippen molar-refractivity contribution in [1.82, 2.24) is 9.21 Å². The Bertz CT molecular complexity index is 693. The molecule has 1 aliphatic rings. The van der Waals surface area contributed by atoms with E-state index >= 15 is 0 Å². The monoisotopic (exact) mass is 450 g/mol. The summed E-state index contributed by atoms with van der Waals surface area (Å²) in [5.41, 5.74) is 0. The molecule has 0 atom stereocenters. The normalized spacial score (nSPS) is 17.4. The summed E-state index contributed by atoms with van der Waals surface area (Å²) in [6.07, 6.45) is 1.18. The Morgan fingerprint density at radius 3 is 2.32 bits per heavy atom. The van der Waals surface area contributed by atoms with Gasteiger partial charge in [0, 0.05) is 31.6 Å². The van der Waals surface area contributed by atoms with Crippen molar-refractivity contribution in [2.45, 2.75) is 50.8 Å². The number of sulfonamides is 1. The number of hydrogen-bond acceptors (Lipinski definition) is 4. The molecule has 8 heteroatoms. The number of carbonyl (C=O) groups excluding carboxylic acids is 1. The minimum atomic E-state index is -3.45. The van der Waals surface area contributed by atoms with Crippen molar-refractivity contribution in [3.05, 3.63) is 15.9 Å². The van der Waals surface area contributed by atoms with Gasteiger partial charge in [0.2, 0.25) is 5.91 Å². The molecule has 1 aromatic rings. The Morgan fingerprint density at radius 1 is 1.28 bits per heavy atom. The van der Waals surface area contributed by atoms with Gasteiger partial charge in [-0.1, -0.05) is 13.8 Å². The first kappa shape index (κ1) is 20.9. The highest BCUT2D eigenvalue weighted by molar-refractivity contribution is 9.11. The first-order valence-electron chi connectivity index (χ1n) is 8.69. The van der Waals surface area contributed by atoms with Gasteiger partial charge in [0.1, 0.15) is 4.21 Å². The molecule has 0 aromatic carbocycles. The maximum absolute atomic E-state index is 12.9. The summed E-state index contributed by atoms with van der Waals surface area (Å²) in [4.78, 5) is 14.8. The fraction of sp³-hybridized carbons (Fsp3) is 0.706. The summed E-state index contributed by atoms with van der Waals surface area (Å²) >= 11 is 4.53. The van der Waals surface area contributed by atoms with Crippen LogP contribution >= 0.6 is 27.3 Å². The average molecular weight is 451 g/mol. The van der Waals surface area contributed by atoms with Gasteiger partial charge < -0.3 is 4.90 Å². The van der Waals surface area contributed by atoms with E-state index in [2.05, 4.69) is 29.8 Å². The molecule has 142 valence electrons. The van der Waals surface area contributed by atoms with Crippen LogP contribution in [0.15, 0.2) is 20.1 Å². The zero-order valence-corrected chi connectivity index (χ0v) is 18.5. The molecule has 1 saturated heterocycles. The summed E-state index contributed by atoms with van der Waals surface area (Å²) in [5.74, 6) is 0.506. The van der Waals surface area contributed by atoms with Crippen LogP contribution in [0.5, 0.6) is 0 Å². The second-order valence-corrected chi connectivity index (χ2v) is 11.8. The number of hydrogen-bond donors (Lipinski definition) is 0. The highest BCUT2D eigenvalue weighted by atomic mass is 79.9. The van der Waals surface area contributed by atoms with E-state index < -0.39 is 10.0 Å². The predicted molar refractivity (Wildman–Crippen MR) is 105 cm³/mol. The van der Waals surface area contributed by atoms with Crippen molar-refractivity contribution in [3.8, 4) is 0 Å². The number of nitrogens with zero attached hydrogens (tertiary/aromatic N) is 2. The second kappa shape index (κ2) is 8.50. The molecule has 2 rings (SSSR count). The van der Waals surface area contributed by atoms with Crippen LogP contribution in [-0.2, 0) is 14.8 Å². The van der Waals surface area contributed by atoms with E-state index in [4.69, 9.17) is 0 Å². The van der Waals surface area contributed by atoms with Gasteiger partial charge in [-0.05, 0) is 60.7 Å². The minimum absolute atomic E-state index is 0.0809. The SMILES string of the molecule is CC(C)CN(C(=O)C1CCN(S(=O)(=O)c2ccc(Br)s2)CC1)C(C)C. The van der Waals surface area contributed by atoms with E-state index in [1.165, 1.54) is 15.6 Å². The van der Waals surface area contributed by atoms with Crippen LogP contribution in [0.3, 0.4) is 0 Å². The van der Waals surface area contributed by atoms with E-state index in [1.807, 2.05) is 18.7 Å². The molecule has 0 bridgehead atoms. The molecule has 0 unspecified atom stereocenters. The zero-order valence-electron chi connectivity index (χ0n) is 15.2. The summed E-state index contributed by atoms with van der Waals surface area (Å²) in [5, 5.41) is 0. The van der Waals surface area contributed by atoms with Gasteiger partial charge in [-0.2, -0.15) is 4.31 Å². The van der Waals surface area contributed by atoms with Crippen molar-refractivity contribution in [2.75, 3.05) is 19.6 Å². The Morgan fingerprint density at radius 2 is 1.88 bits per heavy atom. The van der Waals surface area contributed by atoms with Crippen LogP contribution in [0.1, 0.15) is 40.5 Å². The molecule has 1 amide bonds. The van der Waals surface area contributed by atoms with E-state index in [1.54, 1.807) is 12.1 Å². The Labute approximate surface area is 163 Å². The lowest BCUT2D eigenvalue weighted by atomic mass is 9.95. The van der Waals surface area contributed by atoms with Gasteiger partial charge in [-0.15, -0.1) is 11.3 Å². The number of halogens is 1. The van der Waals surface area contributed by atoms with Crippen LogP contribution < -0.4 is 0 Å². The lowest BCUT2D eigenvalue weighted by molar-refractivity contribution is -0.139. The zero-order chi connectivity index (χ0) is 18.8. The van der Waals surface area contributed by atoms with Crippen molar-refractivity contribution < 1.29 is 13.2 Å². The highest BCUT2D eigenvalue weighted by Crippen LogP contribution is 2.31. The smallest absolute Gasteiger partial charge is 0.252 e. The Hall–Kier alpha value is -0.440. The van der Waals surface area contributed by atoms with Crippen molar-refractivity contribution in [1.29, 1.82) is 0 Å². The Kier molecular flexibility index (Phi) is 7.09. The van der Waals surface area contributed by atoms with E-state index in [-0.39, 0.29) is 17.9 Å². The highest BCUT2D eigenvalue weighted by Gasteiger charge is 2.35. The van der Waals surface area contributed by atoms with Gasteiger partial charge in [0.15, 0.2) is 0 Å². The third-order valence-corrected chi connectivity index (χ3v) is 8.40. The van der Waals surface area contributed by atoms with Crippen molar-refractivity contribution >= 4 is 43.2 Å². The molecule has 0 spiro atoms. The standard InChI is InChI=1S/C17H27BrN2O3S2/c1-12(2)11-20(13(3)4)17(21)14-7-9-19(10-8-14)25(22,23)16-6-5-15(18)24-16/h5-6,12-14H,7-11H2,1-4H3. The molecule has 25 heavy (non-hydrogen) atoms. The van der Waals surface area contributed by atoms with Crippen LogP contribution in [-0.4, -0.2) is 49.2 Å². The Balaban J connectivity index is 2.02. The van der Waals surface area contributed by atoms with Crippen molar-refractivity contribution in [3.63, 3.8) is 0 Å². The maximum atomic E-state index is 12.9. The topological polar surface area (TPSA) is 57.7 Å². The molecule has 0 radical (unpaired) electrons. The molecular formula is C17H27BrN2O3S2. The molecule has 5 nitrogen and oxygen atoms in total. The summed E-state index contributed by atoms with van der Waals surface area (Å²) in [6.45, 7) is 9.85. The number of piperidine rings is 1. The number of amides is 1. The molecule has 2 heterocycles. The molecule has 0 N–H and O–H groups in total. The first-order chi connectivity index (χ1) is 11.6. The largest absolute Gasteiger partial charge is 0.340 e. The second-order valence-electron chi connectivity index (χ2n) is 7.22. The fourth-order valence-corrected chi connectivity index (χ4v) is 6.72. The molecule has 1 fully saturated rings. The van der Waals surface area contributed by atoms with E-state index in [9.17, 15) is 13.2 Å². The third kappa shape index (κ3) is 5.05. The van der Waals surface area contributed by atoms with E-state index in [0.29, 0.717) is 36.1 Å². The lowest BCUT2D eigenvalue weighted by Gasteiger charge is -2.36. The minimum Gasteiger partial charge on any atom is -0.340 e. The first-order valence-corrected chi connectivity index (χ1v) is 11.7. The van der Waals surface area contributed by atoms with Crippen LogP contribution in [0.25, 0.3) is 0 Å². The van der Waals surface area contributed by atoms with Crippen molar-refractivity contribution in [2.24, 2.45) is 11.8 Å². The van der Waals surface area contributed by atoms with E-state index in [0.717, 1.165) is 10.3 Å². The summed E-state index contributed by atoms with van der Waals surface area (Å²) < 4.78 is 28.0. The van der Waals surface area contributed by atoms with Gasteiger partial charge in [-0.3, -0.25) is 4.79 Å². The van der Waals surface area contributed by atoms with Gasteiger partial charge in [-0.25, -0.2) is 8.42 Å². The molecular weight excluding hydrogens is 424 g/mol. The van der Waals surface area contributed by atoms with Gasteiger partial charge in [0.25, 0.3) is 10.0 Å². The summed E-state index contributed by atoms with van der Waals surface area (Å²) in [6, 6.07) is 3.55. The predicted octanol–water partition coefficient (Wildman–Crippen LogP) is 3.80. The molecule has 0 saturated carbocycles. The van der Waals surface area contributed by atoms with Gasteiger partial charge >= 0.3 is 0 Å². The van der Waals surface area contributed by atoms with Crippen LogP contribution in [0, 0.1) is 11.8 Å². The van der Waals surface area contributed by atoms with Crippen LogP contribution in [0.2, 0.25) is 0 Å². The molecule has 1 aromatic heterocycles. The lowest BCUT2D eigenvalue weighted by Crippen LogP contribution is -2.47. The number of carbonyl (C=O) groups is 1. The third-order valence-electron chi connectivity index (χ3n) is 4.41. The van der Waals surface area contributed by atoms with Gasteiger partial charge in [0.05, 0.1) is 3.79 Å². The average Bonchev–Trinajstić information content (AvgIpc) is 2.99. The maximum Gasteiger partial charge on any atom is 0.252 e. The number of thiophene rings is 1. The summed E-state index contributed by atoms with van der Waals surface area (Å²) in [7, 11) is -3.45.